The Labute approximate surface area is 74.4 Å². The van der Waals surface area contributed by atoms with Crippen LogP contribution in [0.15, 0.2) is 12.3 Å². The van der Waals surface area contributed by atoms with E-state index in [1.807, 2.05) is 0 Å². The standard InChI is InChI=1S/C11H17N/c1-11(2)6-4-9-5-7-12(3)10(9)8-11/h5,7H,4,6,8H2,1-3H3. The van der Waals surface area contributed by atoms with Crippen molar-refractivity contribution in [1.29, 1.82) is 0 Å². The van der Waals surface area contributed by atoms with Crippen LogP contribution in [0.2, 0.25) is 0 Å². The lowest BCUT2D eigenvalue weighted by molar-refractivity contribution is 0.308. The predicted octanol–water partition coefficient (Wildman–Crippen LogP) is 2.54. The van der Waals surface area contributed by atoms with Gasteiger partial charge in [-0.25, -0.2) is 0 Å². The van der Waals surface area contributed by atoms with Crippen molar-refractivity contribution in [3.63, 3.8) is 0 Å². The van der Waals surface area contributed by atoms with E-state index in [1.165, 1.54) is 19.3 Å². The van der Waals surface area contributed by atoms with E-state index in [1.54, 1.807) is 11.3 Å². The molecule has 1 heterocycles. The van der Waals surface area contributed by atoms with E-state index < -0.39 is 0 Å². The molecule has 1 aliphatic carbocycles. The van der Waals surface area contributed by atoms with Crippen LogP contribution in [0.1, 0.15) is 31.5 Å². The van der Waals surface area contributed by atoms with Crippen molar-refractivity contribution in [1.82, 2.24) is 4.57 Å². The second-order valence-corrected chi connectivity index (χ2v) is 4.74. The monoisotopic (exact) mass is 163 g/mol. The Hall–Kier alpha value is -0.720. The van der Waals surface area contributed by atoms with Crippen molar-refractivity contribution in [2.75, 3.05) is 0 Å². The molecule has 12 heavy (non-hydrogen) atoms. The zero-order chi connectivity index (χ0) is 8.77. The van der Waals surface area contributed by atoms with Crippen molar-refractivity contribution in [2.45, 2.75) is 33.1 Å². The molecule has 0 bridgehead atoms. The van der Waals surface area contributed by atoms with E-state index >= 15 is 0 Å². The van der Waals surface area contributed by atoms with Gasteiger partial charge >= 0.3 is 0 Å². The Morgan fingerprint density at radius 3 is 2.92 bits per heavy atom. The largest absolute Gasteiger partial charge is 0.354 e. The molecule has 1 aromatic heterocycles. The molecule has 0 atom stereocenters. The highest BCUT2D eigenvalue weighted by Crippen LogP contribution is 2.34. The fourth-order valence-electron chi connectivity index (χ4n) is 2.10. The summed E-state index contributed by atoms with van der Waals surface area (Å²) in [5.41, 5.74) is 3.63. The third kappa shape index (κ3) is 1.17. The average Bonchev–Trinajstić information content (AvgIpc) is 2.31. The van der Waals surface area contributed by atoms with Crippen molar-refractivity contribution in [3.05, 3.63) is 23.5 Å². The van der Waals surface area contributed by atoms with Gasteiger partial charge in [-0.1, -0.05) is 13.8 Å². The molecular formula is C11H17N. The van der Waals surface area contributed by atoms with Crippen LogP contribution in [0.25, 0.3) is 0 Å². The summed E-state index contributed by atoms with van der Waals surface area (Å²) in [6.45, 7) is 4.73. The van der Waals surface area contributed by atoms with Crippen LogP contribution < -0.4 is 0 Å². The van der Waals surface area contributed by atoms with Gasteiger partial charge in [0.15, 0.2) is 0 Å². The minimum absolute atomic E-state index is 0.513. The summed E-state index contributed by atoms with van der Waals surface area (Å²) >= 11 is 0. The van der Waals surface area contributed by atoms with E-state index in [-0.39, 0.29) is 0 Å². The molecule has 1 aromatic rings. The van der Waals surface area contributed by atoms with E-state index in [4.69, 9.17) is 0 Å². The zero-order valence-corrected chi connectivity index (χ0v) is 8.22. The lowest BCUT2D eigenvalue weighted by Gasteiger charge is -2.30. The van der Waals surface area contributed by atoms with Crippen molar-refractivity contribution in [2.24, 2.45) is 12.5 Å². The highest BCUT2D eigenvalue weighted by Gasteiger charge is 2.26. The van der Waals surface area contributed by atoms with E-state index in [0.29, 0.717) is 5.41 Å². The van der Waals surface area contributed by atoms with Gasteiger partial charge in [0.05, 0.1) is 0 Å². The molecule has 1 aliphatic rings. The highest BCUT2D eigenvalue weighted by atomic mass is 14.9. The van der Waals surface area contributed by atoms with Gasteiger partial charge in [-0.3, -0.25) is 0 Å². The summed E-state index contributed by atoms with van der Waals surface area (Å²) in [7, 11) is 2.15. The Morgan fingerprint density at radius 1 is 1.42 bits per heavy atom. The molecule has 0 amide bonds. The molecule has 0 unspecified atom stereocenters. The minimum atomic E-state index is 0.513. The molecular weight excluding hydrogens is 146 g/mol. The SMILES string of the molecule is Cn1ccc2c1CC(C)(C)CC2. The summed E-state index contributed by atoms with van der Waals surface area (Å²) in [6.07, 6.45) is 6.03. The molecule has 0 saturated carbocycles. The number of nitrogens with zero attached hydrogens (tertiary/aromatic N) is 1. The molecule has 1 nitrogen and oxygen atoms in total. The minimum Gasteiger partial charge on any atom is -0.354 e. The first kappa shape index (κ1) is 7.90. The molecule has 66 valence electrons. The van der Waals surface area contributed by atoms with Crippen molar-refractivity contribution >= 4 is 0 Å². The van der Waals surface area contributed by atoms with Gasteiger partial charge in [-0.2, -0.15) is 0 Å². The van der Waals surface area contributed by atoms with Crippen molar-refractivity contribution in [3.8, 4) is 0 Å². The molecule has 0 aliphatic heterocycles. The second kappa shape index (κ2) is 2.38. The van der Waals surface area contributed by atoms with Gasteiger partial charge in [-0.15, -0.1) is 0 Å². The number of hydrogen-bond acceptors (Lipinski definition) is 0. The van der Waals surface area contributed by atoms with Crippen molar-refractivity contribution < 1.29 is 0 Å². The van der Waals surface area contributed by atoms with E-state index in [2.05, 4.69) is 37.7 Å². The zero-order valence-electron chi connectivity index (χ0n) is 8.22. The molecule has 0 spiro atoms. The lowest BCUT2D eigenvalue weighted by Crippen LogP contribution is -2.23. The van der Waals surface area contributed by atoms with E-state index in [9.17, 15) is 0 Å². The lowest BCUT2D eigenvalue weighted by atomic mass is 9.77. The van der Waals surface area contributed by atoms with Gasteiger partial charge in [0.25, 0.3) is 0 Å². The van der Waals surface area contributed by atoms with Crippen LogP contribution in [0.3, 0.4) is 0 Å². The smallest absolute Gasteiger partial charge is 0.0209 e. The maximum absolute atomic E-state index is 2.36. The summed E-state index contributed by atoms with van der Waals surface area (Å²) in [5.74, 6) is 0. The number of fused-ring (bicyclic) bond motifs is 1. The van der Waals surface area contributed by atoms with Gasteiger partial charge in [0.2, 0.25) is 0 Å². The molecule has 0 aromatic carbocycles. The third-order valence-corrected chi connectivity index (χ3v) is 3.01. The fraction of sp³-hybridized carbons (Fsp3) is 0.636. The van der Waals surface area contributed by atoms with Crippen LogP contribution >= 0.6 is 0 Å². The molecule has 0 fully saturated rings. The average molecular weight is 163 g/mol. The van der Waals surface area contributed by atoms with Crippen LogP contribution in [-0.4, -0.2) is 4.57 Å². The van der Waals surface area contributed by atoms with Crippen LogP contribution in [-0.2, 0) is 19.9 Å². The molecule has 2 rings (SSSR count). The Kier molecular flexibility index (Phi) is 1.57. The second-order valence-electron chi connectivity index (χ2n) is 4.74. The van der Waals surface area contributed by atoms with Crippen LogP contribution in [0.4, 0.5) is 0 Å². The Balaban J connectivity index is 2.38. The van der Waals surface area contributed by atoms with Gasteiger partial charge < -0.3 is 4.57 Å². The highest BCUT2D eigenvalue weighted by molar-refractivity contribution is 5.26. The first-order valence-electron chi connectivity index (χ1n) is 4.72. The van der Waals surface area contributed by atoms with E-state index in [0.717, 1.165) is 0 Å². The van der Waals surface area contributed by atoms with Gasteiger partial charge in [0.1, 0.15) is 0 Å². The third-order valence-electron chi connectivity index (χ3n) is 3.01. The summed E-state index contributed by atoms with van der Waals surface area (Å²) in [4.78, 5) is 0. The number of hydrogen-bond donors (Lipinski definition) is 0. The summed E-state index contributed by atoms with van der Waals surface area (Å²) in [6, 6.07) is 2.27. The molecule has 0 N–H and O–H groups in total. The first-order chi connectivity index (χ1) is 5.58. The topological polar surface area (TPSA) is 4.93 Å². The van der Waals surface area contributed by atoms with Crippen LogP contribution in [0, 0.1) is 5.41 Å². The molecule has 0 radical (unpaired) electrons. The molecule has 0 saturated heterocycles. The summed E-state index contributed by atoms with van der Waals surface area (Å²) in [5, 5.41) is 0. The number of rotatable bonds is 0. The van der Waals surface area contributed by atoms with Gasteiger partial charge in [0, 0.05) is 18.9 Å². The number of aromatic nitrogens is 1. The normalized spacial score (nSPS) is 20.6. The quantitative estimate of drug-likeness (QED) is 0.554. The fourth-order valence-corrected chi connectivity index (χ4v) is 2.10. The van der Waals surface area contributed by atoms with Gasteiger partial charge in [-0.05, 0) is 36.3 Å². The van der Waals surface area contributed by atoms with Crippen LogP contribution in [0.5, 0.6) is 0 Å². The predicted molar refractivity (Wildman–Crippen MR) is 51.2 cm³/mol. The maximum Gasteiger partial charge on any atom is 0.0209 e. The summed E-state index contributed by atoms with van der Waals surface area (Å²) < 4.78 is 2.27. The maximum atomic E-state index is 2.36. The Morgan fingerprint density at radius 2 is 2.17 bits per heavy atom. The first-order valence-corrected chi connectivity index (χ1v) is 4.72. The Bertz CT molecular complexity index is 294. The molecule has 1 heteroatoms. The number of aryl methyl sites for hydroxylation is 2.